The van der Waals surface area contributed by atoms with Gasteiger partial charge in [-0.15, -0.1) is 0 Å². The Morgan fingerprint density at radius 1 is 0.833 bits per heavy atom. The Balaban J connectivity index is 2.36. The normalized spacial score (nSPS) is 11.8. The van der Waals surface area contributed by atoms with E-state index in [9.17, 15) is 0 Å². The van der Waals surface area contributed by atoms with Gasteiger partial charge in [-0.1, -0.05) is 72.3 Å². The van der Waals surface area contributed by atoms with E-state index >= 15 is 0 Å². The van der Waals surface area contributed by atoms with Crippen molar-refractivity contribution in [2.75, 3.05) is 0 Å². The summed E-state index contributed by atoms with van der Waals surface area (Å²) in [5, 5.41) is 1.68. The molecule has 2 rings (SSSR count). The Bertz CT molecular complexity index is 439. The zero-order chi connectivity index (χ0) is 13.0. The van der Waals surface area contributed by atoms with Crippen molar-refractivity contribution < 1.29 is 4.52 Å². The first-order chi connectivity index (χ1) is 8.56. The Labute approximate surface area is 115 Å². The van der Waals surface area contributed by atoms with Crippen LogP contribution in [0.3, 0.4) is 0 Å². The molecule has 2 aromatic rings. The van der Waals surface area contributed by atoms with Crippen molar-refractivity contribution in [2.24, 2.45) is 0 Å². The molecule has 0 heterocycles. The second kappa shape index (κ2) is 5.84. The average Bonchev–Trinajstić information content (AvgIpc) is 2.37. The average molecular weight is 279 g/mol. The molecular weight excluding hydrogens is 263 g/mol. The van der Waals surface area contributed by atoms with E-state index in [0.29, 0.717) is 0 Å². The van der Waals surface area contributed by atoms with Crippen LogP contribution in [0, 0.1) is 0 Å². The van der Waals surface area contributed by atoms with Gasteiger partial charge in [0.15, 0.2) is 0 Å². The fourth-order valence-electron chi connectivity index (χ4n) is 1.60. The van der Waals surface area contributed by atoms with Crippen molar-refractivity contribution in [1.82, 2.24) is 0 Å². The van der Waals surface area contributed by atoms with Gasteiger partial charge in [0.25, 0.3) is 0 Å². The van der Waals surface area contributed by atoms with Gasteiger partial charge in [0.05, 0.1) is 8.15 Å². The van der Waals surface area contributed by atoms with Gasteiger partial charge in [-0.25, -0.2) is 0 Å². The maximum Gasteiger partial charge on any atom is 0.141 e. The molecule has 0 N–H and O–H groups in total. The number of rotatable bonds is 4. The minimum atomic E-state index is -0.871. The third kappa shape index (κ3) is 3.81. The third-order valence-corrected chi connectivity index (χ3v) is 4.65. The molecule has 0 aliphatic carbocycles. The molecule has 0 saturated carbocycles. The van der Waals surface area contributed by atoms with E-state index in [1.807, 2.05) is 50.2 Å². The van der Waals surface area contributed by atoms with Crippen LogP contribution in [-0.4, -0.2) is 5.06 Å². The minimum Gasteiger partial charge on any atom is -0.328 e. The highest BCUT2D eigenvalue weighted by molar-refractivity contribution is 7.68. The molecule has 0 fully saturated rings. The van der Waals surface area contributed by atoms with Crippen LogP contribution in [0.25, 0.3) is 0 Å². The third-order valence-electron chi connectivity index (χ3n) is 2.29. The number of halogens is 1. The monoisotopic (exact) mass is 278 g/mol. The molecule has 3 heteroatoms. The summed E-state index contributed by atoms with van der Waals surface area (Å²) in [6, 6.07) is 20.5. The van der Waals surface area contributed by atoms with Gasteiger partial charge < -0.3 is 4.52 Å². The van der Waals surface area contributed by atoms with E-state index in [1.54, 1.807) is 0 Å². The van der Waals surface area contributed by atoms with Crippen LogP contribution in [-0.2, 0) is 4.52 Å². The van der Waals surface area contributed by atoms with Gasteiger partial charge in [-0.2, -0.15) is 0 Å². The first-order valence-electron chi connectivity index (χ1n) is 5.84. The second-order valence-corrected chi connectivity index (χ2v) is 7.13. The summed E-state index contributed by atoms with van der Waals surface area (Å²) in [5.41, 5.74) is 0. The molecule has 0 aromatic heterocycles. The molecule has 18 heavy (non-hydrogen) atoms. The molecule has 0 aliphatic heterocycles. The van der Waals surface area contributed by atoms with Gasteiger partial charge in [-0.05, 0) is 13.8 Å². The van der Waals surface area contributed by atoms with Crippen LogP contribution in [0.2, 0.25) is 0 Å². The predicted octanol–water partition coefficient (Wildman–Crippen LogP) is 4.03. The summed E-state index contributed by atoms with van der Waals surface area (Å²) in [5.74, 6) is 0. The fraction of sp³-hybridized carbons (Fsp3) is 0.200. The van der Waals surface area contributed by atoms with Gasteiger partial charge in [0.1, 0.15) is 5.06 Å². The molecular formula is C15H16ClOP. The first-order valence-corrected chi connectivity index (χ1v) is 7.48. The van der Waals surface area contributed by atoms with E-state index in [-0.39, 0.29) is 0 Å². The fourth-order valence-corrected chi connectivity index (χ4v) is 3.63. The SMILES string of the molecule is CC(C)(Cl)OP(c1ccccc1)c1ccccc1. The smallest absolute Gasteiger partial charge is 0.141 e. The first kappa shape index (κ1) is 13.5. The molecule has 0 aliphatic rings. The lowest BCUT2D eigenvalue weighted by Gasteiger charge is -2.26. The second-order valence-electron chi connectivity index (χ2n) is 4.42. The van der Waals surface area contributed by atoms with Gasteiger partial charge in [0.2, 0.25) is 0 Å². The van der Waals surface area contributed by atoms with Crippen LogP contribution in [0.4, 0.5) is 0 Å². The lowest BCUT2D eigenvalue weighted by atomic mass is 10.4. The number of alkyl halides is 1. The summed E-state index contributed by atoms with van der Waals surface area (Å²) in [4.78, 5) is 0. The summed E-state index contributed by atoms with van der Waals surface area (Å²) in [6.07, 6.45) is 0. The van der Waals surface area contributed by atoms with Crippen LogP contribution in [0.1, 0.15) is 13.8 Å². The Hall–Kier alpha value is -0.880. The zero-order valence-corrected chi connectivity index (χ0v) is 12.2. The van der Waals surface area contributed by atoms with Gasteiger partial charge in [0, 0.05) is 10.6 Å². The van der Waals surface area contributed by atoms with Crippen LogP contribution in [0.5, 0.6) is 0 Å². The van der Waals surface area contributed by atoms with Crippen molar-refractivity contribution in [2.45, 2.75) is 18.9 Å². The van der Waals surface area contributed by atoms with Crippen molar-refractivity contribution >= 4 is 30.4 Å². The zero-order valence-electron chi connectivity index (χ0n) is 10.5. The Kier molecular flexibility index (Phi) is 4.40. The van der Waals surface area contributed by atoms with Gasteiger partial charge >= 0.3 is 0 Å². The Morgan fingerprint density at radius 2 is 1.22 bits per heavy atom. The van der Waals surface area contributed by atoms with Crippen LogP contribution in [0.15, 0.2) is 60.7 Å². The van der Waals surface area contributed by atoms with Crippen molar-refractivity contribution in [3.8, 4) is 0 Å². The molecule has 0 amide bonds. The number of hydrogen-bond acceptors (Lipinski definition) is 1. The largest absolute Gasteiger partial charge is 0.328 e. The van der Waals surface area contributed by atoms with E-state index in [1.165, 1.54) is 10.6 Å². The minimum absolute atomic E-state index is 0.669. The van der Waals surface area contributed by atoms with Crippen LogP contribution >= 0.6 is 19.7 Å². The van der Waals surface area contributed by atoms with Crippen molar-refractivity contribution in [3.63, 3.8) is 0 Å². The van der Waals surface area contributed by atoms with E-state index in [2.05, 4.69) is 24.3 Å². The molecule has 1 nitrogen and oxygen atoms in total. The molecule has 94 valence electrons. The molecule has 0 saturated heterocycles. The lowest BCUT2D eigenvalue weighted by molar-refractivity contribution is 0.230. The quantitative estimate of drug-likeness (QED) is 0.606. The number of benzene rings is 2. The van der Waals surface area contributed by atoms with E-state index in [0.717, 1.165) is 0 Å². The van der Waals surface area contributed by atoms with Crippen LogP contribution < -0.4 is 10.6 Å². The summed E-state index contributed by atoms with van der Waals surface area (Å²) >= 11 is 6.22. The molecule has 0 bridgehead atoms. The maximum absolute atomic E-state index is 6.22. The predicted molar refractivity (Wildman–Crippen MR) is 80.1 cm³/mol. The van der Waals surface area contributed by atoms with Crippen molar-refractivity contribution in [3.05, 3.63) is 60.7 Å². The topological polar surface area (TPSA) is 9.23 Å². The molecule has 2 aromatic carbocycles. The highest BCUT2D eigenvalue weighted by Crippen LogP contribution is 2.40. The van der Waals surface area contributed by atoms with E-state index in [4.69, 9.17) is 16.1 Å². The molecule has 0 atom stereocenters. The molecule has 0 radical (unpaired) electrons. The summed E-state index contributed by atoms with van der Waals surface area (Å²) in [7, 11) is -0.871. The highest BCUT2D eigenvalue weighted by Gasteiger charge is 2.23. The standard InChI is InChI=1S/C15H16ClOP/c1-15(2,16)17-18(13-9-5-3-6-10-13)14-11-7-4-8-12-14/h3-12H,1-2H3. The van der Waals surface area contributed by atoms with Gasteiger partial charge in [-0.3, -0.25) is 0 Å². The van der Waals surface area contributed by atoms with E-state index < -0.39 is 13.2 Å². The molecule has 0 unspecified atom stereocenters. The number of hydrogen-bond donors (Lipinski definition) is 0. The summed E-state index contributed by atoms with van der Waals surface area (Å²) < 4.78 is 6.04. The summed E-state index contributed by atoms with van der Waals surface area (Å²) in [6.45, 7) is 3.74. The molecule has 0 spiro atoms. The Morgan fingerprint density at radius 3 is 1.56 bits per heavy atom. The highest BCUT2D eigenvalue weighted by atomic mass is 35.5. The lowest BCUT2D eigenvalue weighted by Crippen LogP contribution is -2.21. The van der Waals surface area contributed by atoms with Crippen molar-refractivity contribution in [1.29, 1.82) is 0 Å². The maximum atomic E-state index is 6.22.